The van der Waals surface area contributed by atoms with Crippen molar-refractivity contribution in [2.45, 2.75) is 36.5 Å². The Bertz CT molecular complexity index is 994. The molecule has 1 aliphatic rings. The van der Waals surface area contributed by atoms with Gasteiger partial charge in [0.05, 0.1) is 11.4 Å². The van der Waals surface area contributed by atoms with Crippen LogP contribution in [-0.4, -0.2) is 24.2 Å². The molecular formula is C25H28FN3O2S. The van der Waals surface area contributed by atoms with E-state index in [1.165, 1.54) is 17.0 Å². The number of aromatic nitrogens is 1. The van der Waals surface area contributed by atoms with Crippen molar-refractivity contribution in [1.82, 2.24) is 15.8 Å². The molecule has 5 nitrogen and oxygen atoms in total. The molecule has 0 aliphatic carbocycles. The second-order valence-electron chi connectivity index (χ2n) is 8.21. The van der Waals surface area contributed by atoms with Gasteiger partial charge in [0, 0.05) is 23.9 Å². The van der Waals surface area contributed by atoms with Crippen molar-refractivity contribution in [1.29, 1.82) is 0 Å². The Labute approximate surface area is 192 Å². The smallest absolute Gasteiger partial charge is 0.220 e. The number of amides is 1. The Hall–Kier alpha value is -2.64. The molecule has 3 aromatic rings. The average Bonchev–Trinajstić information content (AvgIpc) is 3.27. The summed E-state index contributed by atoms with van der Waals surface area (Å²) in [4.78, 5) is 13.7. The number of rotatable bonds is 9. The Morgan fingerprint density at radius 3 is 2.78 bits per heavy atom. The number of thioether (sulfide) groups is 1. The predicted molar refractivity (Wildman–Crippen MR) is 124 cm³/mol. The molecule has 2 N–H and O–H groups in total. The maximum atomic E-state index is 13.0. The van der Waals surface area contributed by atoms with Crippen LogP contribution in [-0.2, 0) is 23.5 Å². The Morgan fingerprint density at radius 2 is 1.97 bits per heavy atom. The molecule has 168 valence electrons. The van der Waals surface area contributed by atoms with Gasteiger partial charge in [-0.2, -0.15) is 0 Å². The minimum atomic E-state index is -0.271. The van der Waals surface area contributed by atoms with Crippen molar-refractivity contribution in [3.8, 4) is 0 Å². The van der Waals surface area contributed by atoms with Crippen molar-refractivity contribution in [3.05, 3.63) is 83.5 Å². The zero-order valence-electron chi connectivity index (χ0n) is 17.9. The topological polar surface area (TPSA) is 67.2 Å². The van der Waals surface area contributed by atoms with Crippen molar-refractivity contribution < 1.29 is 13.7 Å². The lowest BCUT2D eigenvalue weighted by molar-refractivity contribution is -0.122. The van der Waals surface area contributed by atoms with Crippen LogP contribution in [0.25, 0.3) is 0 Å². The van der Waals surface area contributed by atoms with Crippen molar-refractivity contribution >= 4 is 17.7 Å². The number of hydrogen-bond acceptors (Lipinski definition) is 5. The minimum Gasteiger partial charge on any atom is -0.360 e. The van der Waals surface area contributed by atoms with E-state index in [9.17, 15) is 9.18 Å². The number of carbonyl (C=O) groups is 1. The second-order valence-corrected chi connectivity index (χ2v) is 9.26. The van der Waals surface area contributed by atoms with Gasteiger partial charge in [0.15, 0.2) is 0 Å². The molecule has 7 heteroatoms. The number of nitrogens with one attached hydrogen (secondary N) is 2. The minimum absolute atomic E-state index is 0.0336. The third-order valence-electron chi connectivity index (χ3n) is 5.82. The number of hydrogen-bond donors (Lipinski definition) is 2. The van der Waals surface area contributed by atoms with Crippen molar-refractivity contribution in [3.63, 3.8) is 0 Å². The van der Waals surface area contributed by atoms with Gasteiger partial charge < -0.3 is 15.2 Å². The maximum absolute atomic E-state index is 13.0. The van der Waals surface area contributed by atoms with Crippen LogP contribution >= 0.6 is 11.8 Å². The van der Waals surface area contributed by atoms with Gasteiger partial charge in [0.25, 0.3) is 0 Å². The van der Waals surface area contributed by atoms with E-state index in [2.05, 4.69) is 27.9 Å². The van der Waals surface area contributed by atoms with Crippen LogP contribution in [0.5, 0.6) is 0 Å². The van der Waals surface area contributed by atoms with Gasteiger partial charge in [-0.15, -0.1) is 11.8 Å². The first-order valence-corrected chi connectivity index (χ1v) is 12.0. The molecule has 1 aliphatic heterocycles. The van der Waals surface area contributed by atoms with Gasteiger partial charge in [0.2, 0.25) is 5.91 Å². The summed E-state index contributed by atoms with van der Waals surface area (Å²) < 4.78 is 18.6. The quantitative estimate of drug-likeness (QED) is 0.464. The van der Waals surface area contributed by atoms with E-state index in [0.29, 0.717) is 24.8 Å². The number of halogens is 1. The Kier molecular flexibility index (Phi) is 7.96. The maximum Gasteiger partial charge on any atom is 0.220 e. The van der Waals surface area contributed by atoms with Crippen LogP contribution in [0.2, 0.25) is 0 Å². The molecule has 4 rings (SSSR count). The lowest BCUT2D eigenvalue weighted by Gasteiger charge is -2.31. The highest BCUT2D eigenvalue weighted by Gasteiger charge is 2.28. The third kappa shape index (κ3) is 6.68. The summed E-state index contributed by atoms with van der Waals surface area (Å²) in [7, 11) is 0. The molecule has 0 bridgehead atoms. The highest BCUT2D eigenvalue weighted by atomic mass is 32.2. The molecule has 2 heterocycles. The lowest BCUT2D eigenvalue weighted by atomic mass is 9.81. The number of carbonyl (C=O) groups excluding carboxylic acids is 1. The monoisotopic (exact) mass is 453 g/mol. The number of piperidine rings is 1. The van der Waals surface area contributed by atoms with E-state index in [0.717, 1.165) is 48.7 Å². The summed E-state index contributed by atoms with van der Waals surface area (Å²) in [6.45, 7) is 2.21. The van der Waals surface area contributed by atoms with Crippen LogP contribution in [0.4, 0.5) is 4.39 Å². The number of nitrogens with zero attached hydrogens (tertiary/aromatic N) is 1. The van der Waals surface area contributed by atoms with Crippen LogP contribution in [0, 0.1) is 17.7 Å². The second kappa shape index (κ2) is 11.3. The zero-order valence-corrected chi connectivity index (χ0v) is 18.7. The molecule has 0 radical (unpaired) electrons. The molecule has 2 aromatic carbocycles. The summed E-state index contributed by atoms with van der Waals surface area (Å²) in [6, 6.07) is 18.5. The van der Waals surface area contributed by atoms with Crippen LogP contribution in [0.15, 0.2) is 70.1 Å². The Balaban J connectivity index is 1.27. The van der Waals surface area contributed by atoms with E-state index in [4.69, 9.17) is 4.52 Å². The molecule has 0 spiro atoms. The van der Waals surface area contributed by atoms with Gasteiger partial charge in [-0.1, -0.05) is 35.5 Å². The van der Waals surface area contributed by atoms with E-state index in [-0.39, 0.29) is 11.7 Å². The van der Waals surface area contributed by atoms with Gasteiger partial charge in [-0.05, 0) is 67.6 Å². The average molecular weight is 454 g/mol. The van der Waals surface area contributed by atoms with Gasteiger partial charge in [0.1, 0.15) is 11.6 Å². The highest BCUT2D eigenvalue weighted by molar-refractivity contribution is 7.98. The molecule has 2 unspecified atom stereocenters. The summed E-state index contributed by atoms with van der Waals surface area (Å²) >= 11 is 1.73. The van der Waals surface area contributed by atoms with Gasteiger partial charge in [-0.3, -0.25) is 4.79 Å². The lowest BCUT2D eigenvalue weighted by Crippen LogP contribution is -2.40. The van der Waals surface area contributed by atoms with Gasteiger partial charge >= 0.3 is 0 Å². The Morgan fingerprint density at radius 1 is 1.16 bits per heavy atom. The fourth-order valence-electron chi connectivity index (χ4n) is 4.06. The van der Waals surface area contributed by atoms with E-state index in [1.807, 2.05) is 24.3 Å². The van der Waals surface area contributed by atoms with Crippen LogP contribution in [0.3, 0.4) is 0 Å². The molecular weight excluding hydrogens is 425 g/mol. The first kappa shape index (κ1) is 22.6. The zero-order chi connectivity index (χ0) is 22.2. The molecule has 32 heavy (non-hydrogen) atoms. The highest BCUT2D eigenvalue weighted by Crippen LogP contribution is 2.27. The standard InChI is InChI=1S/C25H28FN3O2S/c26-21-8-6-18(7-9-21)15-28-25(30)13-19-10-11-27-16-20(19)12-22-14-23(31-29-22)17-32-24-4-2-1-3-5-24/h1-9,14,19-20,27H,10-13,15-17H2,(H,28,30). The largest absolute Gasteiger partial charge is 0.360 e. The summed E-state index contributed by atoms with van der Waals surface area (Å²) in [6.07, 6.45) is 2.24. The van der Waals surface area contributed by atoms with Gasteiger partial charge in [-0.25, -0.2) is 4.39 Å². The predicted octanol–water partition coefficient (Wildman–Crippen LogP) is 4.58. The van der Waals surface area contributed by atoms with E-state index in [1.54, 1.807) is 23.9 Å². The normalized spacial score (nSPS) is 18.4. The molecule has 0 saturated carbocycles. The van der Waals surface area contributed by atoms with Crippen molar-refractivity contribution in [2.24, 2.45) is 11.8 Å². The molecule has 1 aromatic heterocycles. The van der Waals surface area contributed by atoms with Crippen molar-refractivity contribution in [2.75, 3.05) is 13.1 Å². The first-order chi connectivity index (χ1) is 15.7. The summed E-state index contributed by atoms with van der Waals surface area (Å²) in [5.41, 5.74) is 1.84. The summed E-state index contributed by atoms with van der Waals surface area (Å²) in [5, 5.41) is 10.7. The fraction of sp³-hybridized carbons (Fsp3) is 0.360. The molecule has 2 atom stereocenters. The SMILES string of the molecule is O=C(CC1CCNCC1Cc1cc(CSc2ccccc2)on1)NCc1ccc(F)cc1. The fourth-order valence-corrected chi connectivity index (χ4v) is 4.85. The molecule has 1 amide bonds. The van der Waals surface area contributed by atoms with E-state index >= 15 is 0 Å². The molecule has 1 saturated heterocycles. The van der Waals surface area contributed by atoms with Crippen LogP contribution < -0.4 is 10.6 Å². The van der Waals surface area contributed by atoms with Crippen LogP contribution in [0.1, 0.15) is 29.9 Å². The first-order valence-electron chi connectivity index (χ1n) is 11.0. The number of benzene rings is 2. The third-order valence-corrected chi connectivity index (χ3v) is 6.85. The summed E-state index contributed by atoms with van der Waals surface area (Å²) in [5.74, 6) is 2.00. The molecule has 1 fully saturated rings. The van der Waals surface area contributed by atoms with E-state index < -0.39 is 0 Å².